The molecule has 0 aliphatic carbocycles. The number of aryl methyl sites for hydroxylation is 1. The van der Waals surface area contributed by atoms with Crippen molar-refractivity contribution >= 4 is 5.78 Å². The van der Waals surface area contributed by atoms with Crippen LogP contribution in [0, 0.1) is 5.92 Å². The van der Waals surface area contributed by atoms with Gasteiger partial charge in [-0.3, -0.25) is 4.79 Å². The Hall–Kier alpha value is -1.15. The summed E-state index contributed by atoms with van der Waals surface area (Å²) in [5.74, 6) is 0.699. The second-order valence-electron chi connectivity index (χ2n) is 4.24. The van der Waals surface area contributed by atoms with Gasteiger partial charge in [0.15, 0.2) is 0 Å². The van der Waals surface area contributed by atoms with Crippen molar-refractivity contribution in [3.05, 3.63) is 35.9 Å². The van der Waals surface area contributed by atoms with E-state index in [0.717, 1.165) is 12.8 Å². The minimum Gasteiger partial charge on any atom is -0.330 e. The Kier molecular flexibility index (Phi) is 5.79. The maximum absolute atomic E-state index is 11.7. The quantitative estimate of drug-likeness (QED) is 0.766. The number of rotatable bonds is 7. The molecule has 1 aromatic rings. The van der Waals surface area contributed by atoms with E-state index in [1.165, 1.54) is 5.56 Å². The fraction of sp³-hybridized carbons (Fsp3) is 0.500. The van der Waals surface area contributed by atoms with Crippen molar-refractivity contribution in [2.75, 3.05) is 6.54 Å². The van der Waals surface area contributed by atoms with Gasteiger partial charge in [-0.25, -0.2) is 0 Å². The summed E-state index contributed by atoms with van der Waals surface area (Å²) in [6.07, 6.45) is 3.12. The molecule has 0 saturated heterocycles. The summed E-state index contributed by atoms with van der Waals surface area (Å²) in [6.45, 7) is 2.70. The van der Waals surface area contributed by atoms with Crippen molar-refractivity contribution in [1.82, 2.24) is 0 Å². The fourth-order valence-electron chi connectivity index (χ4n) is 1.75. The van der Waals surface area contributed by atoms with Gasteiger partial charge in [0.1, 0.15) is 5.78 Å². The normalized spacial score (nSPS) is 12.4. The first kappa shape index (κ1) is 12.9. The van der Waals surface area contributed by atoms with Gasteiger partial charge in [0.25, 0.3) is 0 Å². The van der Waals surface area contributed by atoms with Gasteiger partial charge in [-0.15, -0.1) is 0 Å². The molecule has 1 rings (SSSR count). The maximum Gasteiger partial charge on any atom is 0.133 e. The van der Waals surface area contributed by atoms with Crippen molar-refractivity contribution in [3.8, 4) is 0 Å². The highest BCUT2D eigenvalue weighted by Gasteiger charge is 2.10. The second kappa shape index (κ2) is 7.18. The van der Waals surface area contributed by atoms with E-state index in [0.29, 0.717) is 31.1 Å². The summed E-state index contributed by atoms with van der Waals surface area (Å²) in [5.41, 5.74) is 6.82. The third-order valence-corrected chi connectivity index (χ3v) is 2.96. The number of ketones is 1. The molecule has 0 aliphatic rings. The van der Waals surface area contributed by atoms with Crippen LogP contribution in [0.1, 0.15) is 31.7 Å². The third kappa shape index (κ3) is 4.58. The monoisotopic (exact) mass is 219 g/mol. The zero-order valence-electron chi connectivity index (χ0n) is 9.99. The van der Waals surface area contributed by atoms with E-state index in [1.54, 1.807) is 0 Å². The number of nitrogens with two attached hydrogens (primary N) is 1. The van der Waals surface area contributed by atoms with Crippen LogP contribution in [0.3, 0.4) is 0 Å². The molecule has 0 amide bonds. The number of carbonyl (C=O) groups is 1. The molecule has 16 heavy (non-hydrogen) atoms. The zero-order valence-corrected chi connectivity index (χ0v) is 9.99. The number of benzene rings is 1. The SMILES string of the molecule is CCC(CN)CC(=O)CCc1ccccc1. The average Bonchev–Trinajstić information content (AvgIpc) is 2.34. The van der Waals surface area contributed by atoms with Crippen molar-refractivity contribution in [2.45, 2.75) is 32.6 Å². The highest BCUT2D eigenvalue weighted by molar-refractivity contribution is 5.78. The summed E-state index contributed by atoms with van der Waals surface area (Å²) >= 11 is 0. The Morgan fingerprint density at radius 1 is 1.31 bits per heavy atom. The lowest BCUT2D eigenvalue weighted by molar-refractivity contribution is -0.119. The highest BCUT2D eigenvalue weighted by Crippen LogP contribution is 2.10. The number of hydrogen-bond donors (Lipinski definition) is 1. The molecule has 0 saturated carbocycles. The van der Waals surface area contributed by atoms with E-state index < -0.39 is 0 Å². The van der Waals surface area contributed by atoms with Crippen molar-refractivity contribution < 1.29 is 4.79 Å². The molecule has 2 heteroatoms. The van der Waals surface area contributed by atoms with Crippen LogP contribution >= 0.6 is 0 Å². The number of carbonyl (C=O) groups excluding carboxylic acids is 1. The van der Waals surface area contributed by atoms with Crippen LogP contribution in [0.2, 0.25) is 0 Å². The molecule has 0 aliphatic heterocycles. The van der Waals surface area contributed by atoms with Gasteiger partial charge in [-0.2, -0.15) is 0 Å². The van der Waals surface area contributed by atoms with Gasteiger partial charge in [0.2, 0.25) is 0 Å². The molecular weight excluding hydrogens is 198 g/mol. The summed E-state index contributed by atoms with van der Waals surface area (Å²) in [5, 5.41) is 0. The van der Waals surface area contributed by atoms with Crippen LogP contribution in [0.5, 0.6) is 0 Å². The summed E-state index contributed by atoms with van der Waals surface area (Å²) in [6, 6.07) is 10.1. The smallest absolute Gasteiger partial charge is 0.133 e. The minimum atomic E-state index is 0.334. The van der Waals surface area contributed by atoms with Crippen LogP contribution < -0.4 is 5.73 Å². The van der Waals surface area contributed by atoms with E-state index in [4.69, 9.17) is 5.73 Å². The Morgan fingerprint density at radius 2 is 2.00 bits per heavy atom. The predicted molar refractivity (Wildman–Crippen MR) is 67.2 cm³/mol. The second-order valence-corrected chi connectivity index (χ2v) is 4.24. The van der Waals surface area contributed by atoms with E-state index in [2.05, 4.69) is 19.1 Å². The molecule has 1 aromatic carbocycles. The lowest BCUT2D eigenvalue weighted by atomic mass is 9.96. The molecule has 0 spiro atoms. The van der Waals surface area contributed by atoms with E-state index >= 15 is 0 Å². The van der Waals surface area contributed by atoms with Crippen LogP contribution in [-0.4, -0.2) is 12.3 Å². The first-order valence-electron chi connectivity index (χ1n) is 6.02. The third-order valence-electron chi connectivity index (χ3n) is 2.96. The highest BCUT2D eigenvalue weighted by atomic mass is 16.1. The minimum absolute atomic E-state index is 0.334. The average molecular weight is 219 g/mol. The van der Waals surface area contributed by atoms with Gasteiger partial charge in [-0.1, -0.05) is 43.7 Å². The molecule has 0 bridgehead atoms. The van der Waals surface area contributed by atoms with Crippen molar-refractivity contribution in [3.63, 3.8) is 0 Å². The Labute approximate surface area is 97.9 Å². The number of hydrogen-bond acceptors (Lipinski definition) is 2. The molecule has 1 unspecified atom stereocenters. The van der Waals surface area contributed by atoms with E-state index in [-0.39, 0.29) is 0 Å². The lowest BCUT2D eigenvalue weighted by Crippen LogP contribution is -2.17. The largest absolute Gasteiger partial charge is 0.330 e. The lowest BCUT2D eigenvalue weighted by Gasteiger charge is -2.10. The first-order chi connectivity index (χ1) is 7.76. The molecular formula is C14H21NO. The Balaban J connectivity index is 2.30. The van der Waals surface area contributed by atoms with Gasteiger partial charge in [0.05, 0.1) is 0 Å². The maximum atomic E-state index is 11.7. The molecule has 0 aromatic heterocycles. The molecule has 0 fully saturated rings. The van der Waals surface area contributed by atoms with Crippen LogP contribution in [0.4, 0.5) is 0 Å². The zero-order chi connectivity index (χ0) is 11.8. The molecule has 2 N–H and O–H groups in total. The number of Topliss-reactive ketones (excluding diaryl/α,β-unsaturated/α-hetero) is 1. The van der Waals surface area contributed by atoms with Gasteiger partial charge < -0.3 is 5.73 Å². The molecule has 2 nitrogen and oxygen atoms in total. The topological polar surface area (TPSA) is 43.1 Å². The predicted octanol–water partition coefficient (Wildman–Crippen LogP) is 2.56. The molecule has 88 valence electrons. The van der Waals surface area contributed by atoms with Crippen LogP contribution in [0.15, 0.2) is 30.3 Å². The van der Waals surface area contributed by atoms with E-state index in [1.807, 2.05) is 18.2 Å². The van der Waals surface area contributed by atoms with Gasteiger partial charge in [0, 0.05) is 12.8 Å². The summed E-state index contributed by atoms with van der Waals surface area (Å²) in [4.78, 5) is 11.7. The molecule has 0 heterocycles. The standard InChI is InChI=1S/C14H21NO/c1-2-12(11-15)10-14(16)9-8-13-6-4-3-5-7-13/h3-7,12H,2,8-11,15H2,1H3. The molecule has 0 radical (unpaired) electrons. The van der Waals surface area contributed by atoms with Gasteiger partial charge in [-0.05, 0) is 24.4 Å². The van der Waals surface area contributed by atoms with Crippen LogP contribution in [0.25, 0.3) is 0 Å². The van der Waals surface area contributed by atoms with Crippen molar-refractivity contribution in [1.29, 1.82) is 0 Å². The van der Waals surface area contributed by atoms with Gasteiger partial charge >= 0.3 is 0 Å². The molecule has 1 atom stereocenters. The van der Waals surface area contributed by atoms with Crippen molar-refractivity contribution in [2.24, 2.45) is 11.7 Å². The van der Waals surface area contributed by atoms with E-state index in [9.17, 15) is 4.79 Å². The summed E-state index contributed by atoms with van der Waals surface area (Å²) in [7, 11) is 0. The Morgan fingerprint density at radius 3 is 2.56 bits per heavy atom. The first-order valence-corrected chi connectivity index (χ1v) is 6.02. The summed E-state index contributed by atoms with van der Waals surface area (Å²) < 4.78 is 0. The fourth-order valence-corrected chi connectivity index (χ4v) is 1.75. The Bertz CT molecular complexity index is 304. The van der Waals surface area contributed by atoms with Crippen LogP contribution in [-0.2, 0) is 11.2 Å².